The smallest absolute Gasteiger partial charge is 0.178 e. The molecule has 0 N–H and O–H groups in total. The number of piperidine rings is 2. The third kappa shape index (κ3) is 3.67. The number of rotatable bonds is 5. The van der Waals surface area contributed by atoms with Crippen LogP contribution in [0, 0.1) is 0 Å². The minimum absolute atomic E-state index is 0.477. The number of anilines is 1. The minimum atomic E-state index is 0.477. The van der Waals surface area contributed by atoms with Crippen molar-refractivity contribution in [3.63, 3.8) is 0 Å². The number of hydrogen-bond donors (Lipinski definition) is 0. The predicted octanol–water partition coefficient (Wildman–Crippen LogP) is 2.00. The Hall–Kier alpha value is -1.73. The van der Waals surface area contributed by atoms with Crippen LogP contribution in [-0.2, 0) is 0 Å². The van der Waals surface area contributed by atoms with E-state index in [4.69, 9.17) is 5.10 Å². The van der Waals surface area contributed by atoms with E-state index in [2.05, 4.69) is 37.0 Å². The van der Waals surface area contributed by atoms with E-state index >= 15 is 0 Å². The summed E-state index contributed by atoms with van der Waals surface area (Å²) in [6, 6.07) is 4.14. The van der Waals surface area contributed by atoms with Gasteiger partial charge in [-0.2, -0.15) is 4.52 Å². The number of aromatic nitrogens is 4. The number of likely N-dealkylation sites (tertiary alicyclic amines) is 2. The lowest BCUT2D eigenvalue weighted by molar-refractivity contribution is 0.157. The summed E-state index contributed by atoms with van der Waals surface area (Å²) in [4.78, 5) is 7.60. The average molecular weight is 370 g/mol. The Balaban J connectivity index is 1.20. The van der Waals surface area contributed by atoms with Crippen LogP contribution in [0.25, 0.3) is 5.65 Å². The Morgan fingerprint density at radius 3 is 2.22 bits per heavy atom. The van der Waals surface area contributed by atoms with Crippen LogP contribution >= 0.6 is 0 Å². The summed E-state index contributed by atoms with van der Waals surface area (Å²) >= 11 is 0. The molecule has 3 aliphatic rings. The van der Waals surface area contributed by atoms with Crippen LogP contribution in [-0.4, -0.2) is 82.0 Å². The quantitative estimate of drug-likeness (QED) is 0.804. The fourth-order valence-corrected chi connectivity index (χ4v) is 4.64. The van der Waals surface area contributed by atoms with Crippen LogP contribution in [0.1, 0.15) is 50.3 Å². The lowest BCUT2D eigenvalue weighted by atomic mass is 9.96. The summed E-state index contributed by atoms with van der Waals surface area (Å²) < 4.78 is 2.00. The fraction of sp³-hybridized carbons (Fsp3) is 0.750. The van der Waals surface area contributed by atoms with E-state index < -0.39 is 0 Å². The van der Waals surface area contributed by atoms with Gasteiger partial charge < -0.3 is 14.7 Å². The zero-order valence-corrected chi connectivity index (χ0v) is 16.3. The Labute approximate surface area is 161 Å². The molecule has 0 radical (unpaired) electrons. The highest BCUT2D eigenvalue weighted by Crippen LogP contribution is 2.27. The van der Waals surface area contributed by atoms with Gasteiger partial charge in [0, 0.05) is 32.1 Å². The molecule has 0 bridgehead atoms. The fourth-order valence-electron chi connectivity index (χ4n) is 4.64. The van der Waals surface area contributed by atoms with Crippen molar-refractivity contribution < 1.29 is 0 Å². The Morgan fingerprint density at radius 1 is 0.778 bits per heavy atom. The highest BCUT2D eigenvalue weighted by molar-refractivity contribution is 5.47. The molecule has 0 aliphatic carbocycles. The number of fused-ring (bicyclic) bond motifs is 1. The van der Waals surface area contributed by atoms with E-state index in [0.717, 1.165) is 43.2 Å². The van der Waals surface area contributed by atoms with Crippen molar-refractivity contribution >= 4 is 11.5 Å². The average Bonchev–Trinajstić information content (AvgIpc) is 3.10. The Bertz CT molecular complexity index is 755. The molecule has 5 heterocycles. The van der Waals surface area contributed by atoms with E-state index in [0.29, 0.717) is 5.92 Å². The standard InChI is InChI=1S/C20H31N7/c1-2-9-24(10-3-1)15-16-25-13-7-17(8-14-25)20-22-21-18-5-6-19(23-27(18)20)26-11-4-12-26/h5-6,17H,1-4,7-16H2. The van der Waals surface area contributed by atoms with Gasteiger partial charge in [-0.05, 0) is 70.4 Å². The highest BCUT2D eigenvalue weighted by Gasteiger charge is 2.26. The number of nitrogens with zero attached hydrogens (tertiary/aromatic N) is 7. The van der Waals surface area contributed by atoms with E-state index in [1.165, 1.54) is 65.0 Å². The molecule has 0 amide bonds. The molecule has 27 heavy (non-hydrogen) atoms. The highest BCUT2D eigenvalue weighted by atomic mass is 15.4. The van der Waals surface area contributed by atoms with Crippen molar-refractivity contribution in [3.8, 4) is 0 Å². The van der Waals surface area contributed by atoms with Gasteiger partial charge in [-0.1, -0.05) is 6.42 Å². The summed E-state index contributed by atoms with van der Waals surface area (Å²) in [5, 5.41) is 13.7. The Kier molecular flexibility index (Phi) is 4.97. The van der Waals surface area contributed by atoms with Crippen molar-refractivity contribution in [2.75, 3.05) is 57.3 Å². The van der Waals surface area contributed by atoms with Gasteiger partial charge >= 0.3 is 0 Å². The van der Waals surface area contributed by atoms with Gasteiger partial charge in [0.2, 0.25) is 0 Å². The molecular weight excluding hydrogens is 338 g/mol. The lowest BCUT2D eigenvalue weighted by Gasteiger charge is -2.34. The molecule has 0 aromatic carbocycles. The minimum Gasteiger partial charge on any atom is -0.355 e. The first-order valence-corrected chi connectivity index (χ1v) is 10.8. The first-order chi connectivity index (χ1) is 13.4. The van der Waals surface area contributed by atoms with Crippen molar-refractivity contribution in [2.45, 2.75) is 44.4 Å². The van der Waals surface area contributed by atoms with Gasteiger partial charge in [-0.3, -0.25) is 0 Å². The molecule has 3 fully saturated rings. The lowest BCUT2D eigenvalue weighted by Crippen LogP contribution is -2.41. The maximum absolute atomic E-state index is 4.85. The zero-order valence-electron chi connectivity index (χ0n) is 16.3. The van der Waals surface area contributed by atoms with E-state index in [9.17, 15) is 0 Å². The maximum atomic E-state index is 4.85. The molecule has 146 valence electrons. The molecule has 7 heteroatoms. The van der Waals surface area contributed by atoms with Gasteiger partial charge in [-0.15, -0.1) is 15.3 Å². The molecule has 7 nitrogen and oxygen atoms in total. The van der Waals surface area contributed by atoms with Crippen LogP contribution in [0.5, 0.6) is 0 Å². The predicted molar refractivity (Wildman–Crippen MR) is 106 cm³/mol. The summed E-state index contributed by atoms with van der Waals surface area (Å²) in [6.07, 6.45) is 7.78. The zero-order chi connectivity index (χ0) is 18.1. The van der Waals surface area contributed by atoms with E-state index in [-0.39, 0.29) is 0 Å². The summed E-state index contributed by atoms with van der Waals surface area (Å²) in [5.74, 6) is 2.60. The van der Waals surface area contributed by atoms with Gasteiger partial charge in [0.25, 0.3) is 0 Å². The number of hydrogen-bond acceptors (Lipinski definition) is 6. The molecule has 0 unspecified atom stereocenters. The van der Waals surface area contributed by atoms with Crippen molar-refractivity contribution in [3.05, 3.63) is 18.0 Å². The van der Waals surface area contributed by atoms with Crippen LogP contribution in [0.2, 0.25) is 0 Å². The largest absolute Gasteiger partial charge is 0.355 e. The van der Waals surface area contributed by atoms with Crippen molar-refractivity contribution in [2.24, 2.45) is 0 Å². The van der Waals surface area contributed by atoms with Crippen LogP contribution in [0.15, 0.2) is 12.1 Å². The van der Waals surface area contributed by atoms with E-state index in [1.807, 2.05) is 4.52 Å². The normalized spacial score (nSPS) is 23.0. The molecular formula is C20H31N7. The van der Waals surface area contributed by atoms with Crippen molar-refractivity contribution in [1.29, 1.82) is 0 Å². The second kappa shape index (κ2) is 7.72. The molecule has 3 aliphatic heterocycles. The molecule has 0 saturated carbocycles. The summed E-state index contributed by atoms with van der Waals surface area (Å²) in [6.45, 7) is 9.61. The second-order valence-corrected chi connectivity index (χ2v) is 8.38. The molecule has 5 rings (SSSR count). The van der Waals surface area contributed by atoms with Crippen LogP contribution in [0.3, 0.4) is 0 Å². The van der Waals surface area contributed by atoms with Crippen molar-refractivity contribution in [1.82, 2.24) is 29.6 Å². The molecule has 2 aromatic heterocycles. The maximum Gasteiger partial charge on any atom is 0.178 e. The summed E-state index contributed by atoms with van der Waals surface area (Å²) in [5.41, 5.74) is 0.877. The van der Waals surface area contributed by atoms with Gasteiger partial charge in [0.05, 0.1) is 0 Å². The van der Waals surface area contributed by atoms with Crippen LogP contribution in [0.4, 0.5) is 5.82 Å². The first kappa shape index (κ1) is 17.4. The SMILES string of the molecule is c1cc2nnc(C3CCN(CCN4CCCCC4)CC3)n2nc1N1CCC1. The van der Waals surface area contributed by atoms with Gasteiger partial charge in [0.1, 0.15) is 5.82 Å². The third-order valence-corrected chi connectivity index (χ3v) is 6.59. The summed E-state index contributed by atoms with van der Waals surface area (Å²) in [7, 11) is 0. The third-order valence-electron chi connectivity index (χ3n) is 6.59. The second-order valence-electron chi connectivity index (χ2n) is 8.38. The first-order valence-electron chi connectivity index (χ1n) is 10.8. The molecule has 2 aromatic rings. The molecule has 0 atom stereocenters. The van der Waals surface area contributed by atoms with E-state index in [1.54, 1.807) is 0 Å². The Morgan fingerprint density at radius 2 is 1.52 bits per heavy atom. The van der Waals surface area contributed by atoms with Crippen LogP contribution < -0.4 is 4.90 Å². The van der Waals surface area contributed by atoms with Gasteiger partial charge in [0.15, 0.2) is 11.5 Å². The topological polar surface area (TPSA) is 52.8 Å². The molecule has 0 spiro atoms. The van der Waals surface area contributed by atoms with Gasteiger partial charge in [-0.25, -0.2) is 0 Å². The molecule has 3 saturated heterocycles. The monoisotopic (exact) mass is 369 g/mol.